The number of carbonyl (C=O) groups excluding carboxylic acids is 3. The maximum absolute atomic E-state index is 12.9. The van der Waals surface area contributed by atoms with Crippen LogP contribution < -0.4 is 10.1 Å². The number of ether oxygens (including phenoxy) is 1. The van der Waals surface area contributed by atoms with E-state index in [4.69, 9.17) is 4.74 Å². The summed E-state index contributed by atoms with van der Waals surface area (Å²) in [5, 5.41) is 2.80. The molecule has 4 rings (SSSR count). The maximum Gasteiger partial charge on any atom is 0.261 e. The second-order valence-corrected chi connectivity index (χ2v) is 7.19. The van der Waals surface area contributed by atoms with Gasteiger partial charge in [-0.3, -0.25) is 19.3 Å². The first-order valence-corrected chi connectivity index (χ1v) is 9.56. The topological polar surface area (TPSA) is 75.7 Å². The fourth-order valence-electron chi connectivity index (χ4n) is 4.01. The highest BCUT2D eigenvalue weighted by molar-refractivity contribution is 6.22. The van der Waals surface area contributed by atoms with Crippen LogP contribution in [0.25, 0.3) is 0 Å². The minimum absolute atomic E-state index is 0.0352. The van der Waals surface area contributed by atoms with Crippen LogP contribution in [0.15, 0.2) is 42.5 Å². The molecule has 2 aliphatic rings. The van der Waals surface area contributed by atoms with Crippen molar-refractivity contribution in [3.05, 3.63) is 59.2 Å². The smallest absolute Gasteiger partial charge is 0.261 e. The van der Waals surface area contributed by atoms with Crippen LogP contribution in [0, 0.1) is 0 Å². The van der Waals surface area contributed by atoms with Gasteiger partial charge in [0.25, 0.3) is 17.7 Å². The minimum atomic E-state index is -0.358. The average Bonchev–Trinajstić information content (AvgIpc) is 2.99. The van der Waals surface area contributed by atoms with Gasteiger partial charge in [-0.1, -0.05) is 31.4 Å². The Labute approximate surface area is 163 Å². The van der Waals surface area contributed by atoms with Crippen molar-refractivity contribution in [1.29, 1.82) is 0 Å². The number of fused-ring (bicyclic) bond motifs is 1. The summed E-state index contributed by atoms with van der Waals surface area (Å²) in [6, 6.07) is 11.7. The lowest BCUT2D eigenvalue weighted by Gasteiger charge is -2.29. The Morgan fingerprint density at radius 1 is 1.00 bits per heavy atom. The van der Waals surface area contributed by atoms with Gasteiger partial charge in [0, 0.05) is 11.6 Å². The number of anilines is 1. The molecule has 2 aromatic rings. The summed E-state index contributed by atoms with van der Waals surface area (Å²) >= 11 is 0. The van der Waals surface area contributed by atoms with E-state index in [9.17, 15) is 14.4 Å². The van der Waals surface area contributed by atoms with Gasteiger partial charge in [0.05, 0.1) is 23.9 Å². The van der Waals surface area contributed by atoms with Gasteiger partial charge in [-0.25, -0.2) is 0 Å². The molecule has 6 nitrogen and oxygen atoms in total. The highest BCUT2D eigenvalue weighted by Crippen LogP contribution is 2.32. The van der Waals surface area contributed by atoms with E-state index in [1.807, 2.05) is 6.07 Å². The van der Waals surface area contributed by atoms with Crippen molar-refractivity contribution in [2.24, 2.45) is 0 Å². The number of methoxy groups -OCH3 is 1. The third-order valence-electron chi connectivity index (χ3n) is 5.48. The summed E-state index contributed by atoms with van der Waals surface area (Å²) in [6.07, 6.45) is 4.92. The summed E-state index contributed by atoms with van der Waals surface area (Å²) < 4.78 is 5.25. The molecule has 2 aromatic carbocycles. The molecule has 144 valence electrons. The first-order valence-electron chi connectivity index (χ1n) is 9.56. The van der Waals surface area contributed by atoms with Gasteiger partial charge in [0.1, 0.15) is 5.75 Å². The van der Waals surface area contributed by atoms with Gasteiger partial charge < -0.3 is 10.1 Å². The molecular formula is C22H22N2O4. The minimum Gasteiger partial charge on any atom is -0.495 e. The first kappa shape index (κ1) is 18.2. The standard InChI is InChI=1S/C22H22N2O4/c1-28-19-10-6-5-9-18(19)23-20(25)14-11-12-16-17(13-14)22(27)24(21(16)26)15-7-3-2-4-8-15/h5-6,9-13,15H,2-4,7-8H2,1H3,(H,23,25). The SMILES string of the molecule is COc1ccccc1NC(=O)c1ccc2c(c1)C(=O)N(C1CCCCC1)C2=O. The van der Waals surface area contributed by atoms with Gasteiger partial charge in [0.15, 0.2) is 0 Å². The molecule has 0 bridgehead atoms. The van der Waals surface area contributed by atoms with E-state index in [1.54, 1.807) is 30.3 Å². The van der Waals surface area contributed by atoms with Crippen molar-refractivity contribution >= 4 is 23.4 Å². The molecule has 0 saturated heterocycles. The summed E-state index contributed by atoms with van der Waals surface area (Å²) in [4.78, 5) is 39.7. The number of imide groups is 1. The van der Waals surface area contributed by atoms with Gasteiger partial charge in [0.2, 0.25) is 0 Å². The Hall–Kier alpha value is -3.15. The number of amides is 3. The van der Waals surface area contributed by atoms with Crippen LogP contribution in [0.4, 0.5) is 5.69 Å². The molecule has 1 fully saturated rings. The van der Waals surface area contributed by atoms with E-state index in [0.29, 0.717) is 28.1 Å². The molecule has 0 unspecified atom stereocenters. The van der Waals surface area contributed by atoms with E-state index in [0.717, 1.165) is 32.1 Å². The highest BCUT2D eigenvalue weighted by Gasteiger charge is 2.40. The van der Waals surface area contributed by atoms with Crippen LogP contribution in [-0.2, 0) is 0 Å². The number of para-hydroxylation sites is 2. The van der Waals surface area contributed by atoms with Crippen LogP contribution in [0.1, 0.15) is 63.2 Å². The fourth-order valence-corrected chi connectivity index (χ4v) is 4.01. The average molecular weight is 378 g/mol. The van der Waals surface area contributed by atoms with E-state index >= 15 is 0 Å². The second-order valence-electron chi connectivity index (χ2n) is 7.19. The number of carbonyl (C=O) groups is 3. The van der Waals surface area contributed by atoms with E-state index < -0.39 is 0 Å². The van der Waals surface area contributed by atoms with Gasteiger partial charge in [-0.15, -0.1) is 0 Å². The largest absolute Gasteiger partial charge is 0.495 e. The summed E-state index contributed by atoms with van der Waals surface area (Å²) in [6.45, 7) is 0. The van der Waals surface area contributed by atoms with Crippen LogP contribution in [0.3, 0.4) is 0 Å². The van der Waals surface area contributed by atoms with Crippen molar-refractivity contribution in [1.82, 2.24) is 4.90 Å². The normalized spacial score (nSPS) is 16.8. The maximum atomic E-state index is 12.9. The predicted molar refractivity (Wildman–Crippen MR) is 105 cm³/mol. The summed E-state index contributed by atoms with van der Waals surface area (Å²) in [5.74, 6) is -0.349. The molecule has 0 radical (unpaired) electrons. The zero-order chi connectivity index (χ0) is 19.7. The Morgan fingerprint density at radius 3 is 2.46 bits per heavy atom. The Bertz CT molecular complexity index is 947. The first-order chi connectivity index (χ1) is 13.6. The number of nitrogens with zero attached hydrogens (tertiary/aromatic N) is 1. The lowest BCUT2D eigenvalue weighted by atomic mass is 9.94. The molecule has 1 aliphatic carbocycles. The van der Waals surface area contributed by atoms with Crippen LogP contribution in [-0.4, -0.2) is 35.8 Å². The molecule has 3 amide bonds. The van der Waals surface area contributed by atoms with E-state index in [-0.39, 0.29) is 23.8 Å². The van der Waals surface area contributed by atoms with Crippen LogP contribution in [0.5, 0.6) is 5.75 Å². The zero-order valence-electron chi connectivity index (χ0n) is 15.7. The molecular weight excluding hydrogens is 356 g/mol. The quantitative estimate of drug-likeness (QED) is 0.820. The highest BCUT2D eigenvalue weighted by atomic mass is 16.5. The number of hydrogen-bond acceptors (Lipinski definition) is 4. The van der Waals surface area contributed by atoms with Gasteiger partial charge in [-0.2, -0.15) is 0 Å². The third kappa shape index (κ3) is 3.15. The number of rotatable bonds is 4. The Kier molecular flexibility index (Phi) is 4.86. The number of benzene rings is 2. The zero-order valence-corrected chi connectivity index (χ0v) is 15.7. The predicted octanol–water partition coefficient (Wildman–Crippen LogP) is 3.88. The molecule has 1 saturated carbocycles. The summed E-state index contributed by atoms with van der Waals surface area (Å²) in [7, 11) is 1.53. The molecule has 0 spiro atoms. The number of nitrogens with one attached hydrogen (secondary N) is 1. The fraction of sp³-hybridized carbons (Fsp3) is 0.318. The van der Waals surface area contributed by atoms with E-state index in [2.05, 4.69) is 5.32 Å². The van der Waals surface area contributed by atoms with Crippen LogP contribution in [0.2, 0.25) is 0 Å². The second kappa shape index (κ2) is 7.46. The molecule has 1 aliphatic heterocycles. The Balaban J connectivity index is 1.58. The molecule has 0 aromatic heterocycles. The monoisotopic (exact) mass is 378 g/mol. The lowest BCUT2D eigenvalue weighted by molar-refractivity contribution is 0.0549. The lowest BCUT2D eigenvalue weighted by Crippen LogP contribution is -2.40. The molecule has 0 atom stereocenters. The van der Waals surface area contributed by atoms with Gasteiger partial charge >= 0.3 is 0 Å². The molecule has 1 N–H and O–H groups in total. The molecule has 6 heteroatoms. The van der Waals surface area contributed by atoms with Crippen molar-refractivity contribution in [3.8, 4) is 5.75 Å². The number of hydrogen-bond donors (Lipinski definition) is 1. The molecule has 1 heterocycles. The summed E-state index contributed by atoms with van der Waals surface area (Å²) in [5.41, 5.74) is 1.56. The van der Waals surface area contributed by atoms with Crippen molar-refractivity contribution in [2.45, 2.75) is 38.1 Å². The van der Waals surface area contributed by atoms with Crippen molar-refractivity contribution in [3.63, 3.8) is 0 Å². The Morgan fingerprint density at radius 2 is 1.71 bits per heavy atom. The molecule has 28 heavy (non-hydrogen) atoms. The third-order valence-corrected chi connectivity index (χ3v) is 5.48. The van der Waals surface area contributed by atoms with E-state index in [1.165, 1.54) is 18.1 Å². The van der Waals surface area contributed by atoms with Gasteiger partial charge in [-0.05, 0) is 43.2 Å². The van der Waals surface area contributed by atoms with Crippen molar-refractivity contribution < 1.29 is 19.1 Å². The van der Waals surface area contributed by atoms with Crippen LogP contribution >= 0.6 is 0 Å². The van der Waals surface area contributed by atoms with Crippen molar-refractivity contribution in [2.75, 3.05) is 12.4 Å².